The minimum atomic E-state index is -0.234. The van der Waals surface area contributed by atoms with Gasteiger partial charge in [0.2, 0.25) is 0 Å². The van der Waals surface area contributed by atoms with E-state index >= 15 is 0 Å². The van der Waals surface area contributed by atoms with Crippen molar-refractivity contribution in [3.63, 3.8) is 0 Å². The predicted octanol–water partition coefficient (Wildman–Crippen LogP) is 15.0. The van der Waals surface area contributed by atoms with E-state index in [0.29, 0.717) is 0 Å². The second kappa shape index (κ2) is 12.9. The van der Waals surface area contributed by atoms with Crippen LogP contribution in [0.25, 0.3) is 53.6 Å². The summed E-state index contributed by atoms with van der Waals surface area (Å²) in [7, 11) is 0. The molecule has 1 aliphatic heterocycles. The van der Waals surface area contributed by atoms with Crippen LogP contribution >= 0.6 is 11.3 Å². The molecule has 0 amide bonds. The van der Waals surface area contributed by atoms with Gasteiger partial charge in [-0.3, -0.25) is 0 Å². The lowest BCUT2D eigenvalue weighted by atomic mass is 9.74. The maximum atomic E-state index is 6.81. The molecule has 258 valence electrons. The van der Waals surface area contributed by atoms with Crippen LogP contribution in [0.3, 0.4) is 0 Å². The molecule has 3 heteroatoms. The van der Waals surface area contributed by atoms with Gasteiger partial charge in [-0.05, 0) is 94.0 Å². The lowest BCUT2D eigenvalue weighted by Crippen LogP contribution is -2.24. The molecule has 0 atom stereocenters. The SMILES string of the molecule is CC1(C)c2cc(-c3ccc(N(c4ccc(-c5ccccc5)cc4)c4cccc(-c5ccccc5)c4)cc3)ccc2Oc2c1ccc1sc3ccccc3c21. The Morgan fingerprint density at radius 3 is 1.69 bits per heavy atom. The van der Waals surface area contributed by atoms with Gasteiger partial charge in [-0.1, -0.05) is 141 Å². The fourth-order valence-electron chi connectivity index (χ4n) is 8.06. The van der Waals surface area contributed by atoms with E-state index < -0.39 is 0 Å². The fraction of sp³-hybridized carbons (Fsp3) is 0.0588. The number of ether oxygens (including phenoxy) is 1. The third-order valence-corrected chi connectivity index (χ3v) is 12.1. The van der Waals surface area contributed by atoms with Gasteiger partial charge >= 0.3 is 0 Å². The summed E-state index contributed by atoms with van der Waals surface area (Å²) >= 11 is 1.83. The van der Waals surface area contributed by atoms with Crippen LogP contribution in [0.2, 0.25) is 0 Å². The highest BCUT2D eigenvalue weighted by Gasteiger charge is 2.36. The van der Waals surface area contributed by atoms with Crippen molar-refractivity contribution in [2.75, 3.05) is 4.90 Å². The number of hydrogen-bond acceptors (Lipinski definition) is 3. The molecular formula is C51H37NOS. The van der Waals surface area contributed by atoms with Crippen LogP contribution in [0.15, 0.2) is 188 Å². The van der Waals surface area contributed by atoms with Crippen molar-refractivity contribution in [3.05, 3.63) is 199 Å². The molecule has 0 radical (unpaired) electrons. The van der Waals surface area contributed by atoms with E-state index in [1.54, 1.807) is 0 Å². The van der Waals surface area contributed by atoms with Gasteiger partial charge in [0, 0.05) is 53.8 Å². The zero-order chi connectivity index (χ0) is 36.2. The number of rotatable bonds is 6. The molecule has 0 saturated carbocycles. The summed E-state index contributed by atoms with van der Waals surface area (Å²) in [6, 6.07) is 67.7. The van der Waals surface area contributed by atoms with Gasteiger partial charge in [0.25, 0.3) is 0 Å². The van der Waals surface area contributed by atoms with Crippen LogP contribution in [-0.4, -0.2) is 0 Å². The predicted molar refractivity (Wildman–Crippen MR) is 229 cm³/mol. The molecule has 0 spiro atoms. The van der Waals surface area contributed by atoms with Gasteiger partial charge < -0.3 is 9.64 Å². The summed E-state index contributed by atoms with van der Waals surface area (Å²) in [6.45, 7) is 4.65. The summed E-state index contributed by atoms with van der Waals surface area (Å²) < 4.78 is 9.36. The monoisotopic (exact) mass is 711 g/mol. The summed E-state index contributed by atoms with van der Waals surface area (Å²) in [4.78, 5) is 2.35. The Bertz CT molecular complexity index is 2800. The molecule has 0 bridgehead atoms. The normalized spacial score (nSPS) is 12.9. The van der Waals surface area contributed by atoms with Crippen molar-refractivity contribution in [2.45, 2.75) is 19.3 Å². The van der Waals surface area contributed by atoms with Crippen LogP contribution in [0, 0.1) is 0 Å². The number of nitrogens with zero attached hydrogens (tertiary/aromatic N) is 1. The highest BCUT2D eigenvalue weighted by molar-refractivity contribution is 7.25. The number of thiophene rings is 1. The molecule has 2 nitrogen and oxygen atoms in total. The number of hydrogen-bond donors (Lipinski definition) is 0. The van der Waals surface area contributed by atoms with Gasteiger partial charge in [0.05, 0.1) is 0 Å². The first-order valence-corrected chi connectivity index (χ1v) is 19.3. The van der Waals surface area contributed by atoms with E-state index in [2.05, 4.69) is 207 Å². The molecule has 2 heterocycles. The second-order valence-electron chi connectivity index (χ2n) is 14.6. The summed E-state index contributed by atoms with van der Waals surface area (Å²) in [6.07, 6.45) is 0. The molecule has 0 N–H and O–H groups in total. The van der Waals surface area contributed by atoms with E-state index in [1.165, 1.54) is 64.7 Å². The minimum absolute atomic E-state index is 0.234. The van der Waals surface area contributed by atoms with Crippen molar-refractivity contribution in [2.24, 2.45) is 0 Å². The van der Waals surface area contributed by atoms with Crippen LogP contribution in [-0.2, 0) is 5.41 Å². The van der Waals surface area contributed by atoms with Crippen molar-refractivity contribution in [1.82, 2.24) is 0 Å². The first kappa shape index (κ1) is 32.2. The molecule has 0 aliphatic carbocycles. The van der Waals surface area contributed by atoms with Crippen LogP contribution in [0.1, 0.15) is 25.0 Å². The summed E-state index contributed by atoms with van der Waals surface area (Å²) in [5.41, 5.74) is 12.6. The average Bonchev–Trinajstić information content (AvgIpc) is 3.62. The number of anilines is 3. The van der Waals surface area contributed by atoms with Gasteiger partial charge in [-0.2, -0.15) is 0 Å². The standard InChI is InChI=1S/C51H37NOS/c1-51(2)44-29-31-48-49(43-18-9-10-19-47(43)54-48)50(44)53-46-30-24-39(33-45(46)51)37-22-27-41(28-23-37)52(40-25-20-36(21-26-40)34-12-5-3-6-13-34)42-17-11-16-38(32-42)35-14-7-4-8-15-35/h3-33H,1-2H3. The molecule has 0 saturated heterocycles. The number of fused-ring (bicyclic) bond motifs is 6. The zero-order valence-electron chi connectivity index (χ0n) is 30.2. The van der Waals surface area contributed by atoms with Gasteiger partial charge in [-0.15, -0.1) is 11.3 Å². The Balaban J connectivity index is 1.02. The van der Waals surface area contributed by atoms with E-state index in [9.17, 15) is 0 Å². The Morgan fingerprint density at radius 2 is 0.981 bits per heavy atom. The Morgan fingerprint density at radius 1 is 0.426 bits per heavy atom. The molecule has 0 fully saturated rings. The molecule has 54 heavy (non-hydrogen) atoms. The van der Waals surface area contributed by atoms with E-state index in [1.807, 2.05) is 11.3 Å². The summed E-state index contributed by atoms with van der Waals surface area (Å²) in [5, 5.41) is 2.48. The van der Waals surface area contributed by atoms with Crippen LogP contribution < -0.4 is 9.64 Å². The highest BCUT2D eigenvalue weighted by atomic mass is 32.1. The van der Waals surface area contributed by atoms with E-state index in [0.717, 1.165) is 28.6 Å². The molecule has 9 aromatic rings. The fourth-order valence-corrected chi connectivity index (χ4v) is 9.17. The van der Waals surface area contributed by atoms with Crippen molar-refractivity contribution < 1.29 is 4.74 Å². The van der Waals surface area contributed by atoms with Gasteiger partial charge in [-0.25, -0.2) is 0 Å². The van der Waals surface area contributed by atoms with Gasteiger partial charge in [0.1, 0.15) is 11.5 Å². The first-order valence-electron chi connectivity index (χ1n) is 18.5. The van der Waals surface area contributed by atoms with E-state index in [-0.39, 0.29) is 5.41 Å². The van der Waals surface area contributed by atoms with Crippen molar-refractivity contribution in [1.29, 1.82) is 0 Å². The molecule has 1 aliphatic rings. The van der Waals surface area contributed by atoms with Crippen LogP contribution in [0.4, 0.5) is 17.1 Å². The topological polar surface area (TPSA) is 12.5 Å². The largest absolute Gasteiger partial charge is 0.456 e. The zero-order valence-corrected chi connectivity index (χ0v) is 31.0. The van der Waals surface area contributed by atoms with Crippen molar-refractivity contribution >= 4 is 48.6 Å². The molecular weight excluding hydrogens is 675 g/mol. The first-order chi connectivity index (χ1) is 26.5. The average molecular weight is 712 g/mol. The van der Waals surface area contributed by atoms with E-state index in [4.69, 9.17) is 4.74 Å². The van der Waals surface area contributed by atoms with Crippen molar-refractivity contribution in [3.8, 4) is 44.9 Å². The second-order valence-corrected chi connectivity index (χ2v) is 15.6. The molecule has 8 aromatic carbocycles. The Kier molecular flexibility index (Phi) is 7.71. The molecule has 0 unspecified atom stereocenters. The minimum Gasteiger partial charge on any atom is -0.456 e. The maximum Gasteiger partial charge on any atom is 0.140 e. The summed E-state index contributed by atoms with van der Waals surface area (Å²) in [5.74, 6) is 1.92. The quantitative estimate of drug-likeness (QED) is 0.170. The molecule has 1 aromatic heterocycles. The highest BCUT2D eigenvalue weighted by Crippen LogP contribution is 2.53. The van der Waals surface area contributed by atoms with Crippen LogP contribution in [0.5, 0.6) is 11.5 Å². The third-order valence-electron chi connectivity index (χ3n) is 10.9. The lowest BCUT2D eigenvalue weighted by Gasteiger charge is -2.35. The maximum absolute atomic E-state index is 6.81. The Labute approximate surface area is 320 Å². The number of benzene rings is 8. The van der Waals surface area contributed by atoms with Gasteiger partial charge in [0.15, 0.2) is 0 Å². The molecule has 10 rings (SSSR count). The Hall–Kier alpha value is -6.42. The third kappa shape index (κ3) is 5.48. The lowest BCUT2D eigenvalue weighted by molar-refractivity contribution is 0.423. The smallest absolute Gasteiger partial charge is 0.140 e.